The molecule has 94 valence electrons. The molecule has 0 saturated carbocycles. The predicted octanol–water partition coefficient (Wildman–Crippen LogP) is 2.38. The highest BCUT2D eigenvalue weighted by molar-refractivity contribution is 5.20. The van der Waals surface area contributed by atoms with Gasteiger partial charge in [0.1, 0.15) is 5.82 Å². The number of nitrogens with one attached hydrogen (secondary N) is 1. The van der Waals surface area contributed by atoms with Crippen LogP contribution in [0, 0.1) is 11.2 Å². The smallest absolute Gasteiger partial charge is 0.126 e. The van der Waals surface area contributed by atoms with Crippen LogP contribution >= 0.6 is 0 Å². The van der Waals surface area contributed by atoms with Crippen molar-refractivity contribution >= 4 is 0 Å². The number of rotatable bonds is 4. The normalized spacial score (nSPS) is 28.5. The Bertz CT molecular complexity index is 382. The van der Waals surface area contributed by atoms with Crippen LogP contribution in [0.4, 0.5) is 4.39 Å². The minimum atomic E-state index is -0.109. The second-order valence-electron chi connectivity index (χ2n) is 4.92. The fourth-order valence-electron chi connectivity index (χ4n) is 2.72. The Labute approximate surface area is 102 Å². The highest BCUT2D eigenvalue weighted by Gasteiger charge is 2.41. The van der Waals surface area contributed by atoms with Crippen LogP contribution in [0.15, 0.2) is 24.3 Å². The molecular formula is C14H20FNO. The van der Waals surface area contributed by atoms with Crippen molar-refractivity contribution in [2.75, 3.05) is 20.2 Å². The molecule has 0 aromatic heterocycles. The fourth-order valence-corrected chi connectivity index (χ4v) is 2.72. The molecule has 1 aromatic carbocycles. The van der Waals surface area contributed by atoms with Gasteiger partial charge in [0, 0.05) is 18.6 Å². The average Bonchev–Trinajstić information content (AvgIpc) is 2.65. The molecule has 2 unspecified atom stereocenters. The summed E-state index contributed by atoms with van der Waals surface area (Å²) in [4.78, 5) is 0. The molecule has 0 amide bonds. The van der Waals surface area contributed by atoms with Crippen LogP contribution in [0.5, 0.6) is 0 Å². The minimum Gasteiger partial charge on any atom is -0.378 e. The summed E-state index contributed by atoms with van der Waals surface area (Å²) < 4.78 is 19.4. The molecule has 1 fully saturated rings. The van der Waals surface area contributed by atoms with Crippen molar-refractivity contribution in [3.05, 3.63) is 35.6 Å². The summed E-state index contributed by atoms with van der Waals surface area (Å²) in [5.74, 6) is -0.109. The topological polar surface area (TPSA) is 21.3 Å². The van der Waals surface area contributed by atoms with E-state index in [0.717, 1.165) is 31.6 Å². The number of hydrogen-bond donors (Lipinski definition) is 1. The molecule has 1 aromatic rings. The van der Waals surface area contributed by atoms with Crippen molar-refractivity contribution < 1.29 is 9.13 Å². The van der Waals surface area contributed by atoms with E-state index in [1.165, 1.54) is 6.07 Å². The van der Waals surface area contributed by atoms with E-state index < -0.39 is 0 Å². The van der Waals surface area contributed by atoms with Crippen LogP contribution < -0.4 is 5.32 Å². The van der Waals surface area contributed by atoms with Gasteiger partial charge >= 0.3 is 0 Å². The van der Waals surface area contributed by atoms with Crippen LogP contribution in [-0.4, -0.2) is 26.3 Å². The Morgan fingerprint density at radius 3 is 2.82 bits per heavy atom. The van der Waals surface area contributed by atoms with Crippen molar-refractivity contribution in [3.8, 4) is 0 Å². The van der Waals surface area contributed by atoms with E-state index in [2.05, 4.69) is 12.2 Å². The lowest BCUT2D eigenvalue weighted by atomic mass is 9.76. The number of ether oxygens (including phenoxy) is 1. The van der Waals surface area contributed by atoms with Gasteiger partial charge in [0.2, 0.25) is 0 Å². The molecule has 1 aliphatic heterocycles. The van der Waals surface area contributed by atoms with E-state index in [9.17, 15) is 4.39 Å². The van der Waals surface area contributed by atoms with E-state index in [1.807, 2.05) is 19.2 Å². The van der Waals surface area contributed by atoms with E-state index in [1.54, 1.807) is 6.07 Å². The lowest BCUT2D eigenvalue weighted by Gasteiger charge is -2.32. The highest BCUT2D eigenvalue weighted by Crippen LogP contribution is 2.38. The predicted molar refractivity (Wildman–Crippen MR) is 66.5 cm³/mol. The Balaban J connectivity index is 2.21. The molecule has 17 heavy (non-hydrogen) atoms. The Morgan fingerprint density at radius 1 is 1.47 bits per heavy atom. The Morgan fingerprint density at radius 2 is 2.24 bits per heavy atom. The van der Waals surface area contributed by atoms with Crippen molar-refractivity contribution in [2.45, 2.75) is 25.9 Å². The van der Waals surface area contributed by atoms with E-state index in [0.29, 0.717) is 0 Å². The monoisotopic (exact) mass is 237 g/mol. The van der Waals surface area contributed by atoms with E-state index >= 15 is 0 Å². The van der Waals surface area contributed by atoms with Crippen molar-refractivity contribution in [1.82, 2.24) is 5.32 Å². The molecule has 0 bridgehead atoms. The first-order valence-corrected chi connectivity index (χ1v) is 6.17. The average molecular weight is 237 g/mol. The summed E-state index contributed by atoms with van der Waals surface area (Å²) >= 11 is 0. The largest absolute Gasteiger partial charge is 0.378 e. The summed E-state index contributed by atoms with van der Waals surface area (Å²) in [5, 5.41) is 3.22. The van der Waals surface area contributed by atoms with E-state index in [4.69, 9.17) is 4.74 Å². The molecular weight excluding hydrogens is 217 g/mol. The third kappa shape index (κ3) is 2.50. The molecule has 0 spiro atoms. The molecule has 1 aliphatic rings. The van der Waals surface area contributed by atoms with E-state index in [-0.39, 0.29) is 17.3 Å². The van der Waals surface area contributed by atoms with Crippen molar-refractivity contribution in [2.24, 2.45) is 5.41 Å². The molecule has 1 N–H and O–H groups in total. The zero-order valence-corrected chi connectivity index (χ0v) is 10.5. The Kier molecular flexibility index (Phi) is 3.79. The maximum atomic E-state index is 13.7. The molecule has 1 saturated heterocycles. The van der Waals surface area contributed by atoms with Gasteiger partial charge in [-0.2, -0.15) is 0 Å². The SMILES string of the molecule is CNCC1(Cc2ccccc2F)CCOC1C. The van der Waals surface area contributed by atoms with Gasteiger partial charge in [-0.05, 0) is 38.4 Å². The third-order valence-electron chi connectivity index (χ3n) is 3.86. The lowest BCUT2D eigenvalue weighted by Crippen LogP contribution is -2.40. The van der Waals surface area contributed by atoms with Crippen LogP contribution in [0.3, 0.4) is 0 Å². The van der Waals surface area contributed by atoms with Crippen LogP contribution in [-0.2, 0) is 11.2 Å². The van der Waals surface area contributed by atoms with Gasteiger partial charge < -0.3 is 10.1 Å². The van der Waals surface area contributed by atoms with Gasteiger partial charge in [0.05, 0.1) is 6.10 Å². The standard InChI is InChI=1S/C14H20FNO/c1-11-14(10-16-2,7-8-17-11)9-12-5-3-4-6-13(12)15/h3-6,11,16H,7-10H2,1-2H3. The van der Waals surface area contributed by atoms with Crippen molar-refractivity contribution in [1.29, 1.82) is 0 Å². The van der Waals surface area contributed by atoms with Gasteiger partial charge in [0.25, 0.3) is 0 Å². The number of hydrogen-bond acceptors (Lipinski definition) is 2. The first-order chi connectivity index (χ1) is 8.18. The molecule has 2 atom stereocenters. The molecule has 1 heterocycles. The number of halogens is 1. The molecule has 0 aliphatic carbocycles. The molecule has 0 radical (unpaired) electrons. The van der Waals surface area contributed by atoms with Gasteiger partial charge in [0.15, 0.2) is 0 Å². The van der Waals surface area contributed by atoms with Gasteiger partial charge in [-0.25, -0.2) is 4.39 Å². The Hall–Kier alpha value is -0.930. The minimum absolute atomic E-state index is 0.0247. The van der Waals surface area contributed by atoms with Gasteiger partial charge in [-0.15, -0.1) is 0 Å². The fraction of sp³-hybridized carbons (Fsp3) is 0.571. The van der Waals surface area contributed by atoms with Gasteiger partial charge in [-0.3, -0.25) is 0 Å². The lowest BCUT2D eigenvalue weighted by molar-refractivity contribution is 0.0636. The van der Waals surface area contributed by atoms with Crippen LogP contribution in [0.2, 0.25) is 0 Å². The van der Waals surface area contributed by atoms with Crippen LogP contribution in [0.25, 0.3) is 0 Å². The zero-order chi connectivity index (χ0) is 12.3. The summed E-state index contributed by atoms with van der Waals surface area (Å²) in [6.45, 7) is 3.73. The summed E-state index contributed by atoms with van der Waals surface area (Å²) in [7, 11) is 1.94. The zero-order valence-electron chi connectivity index (χ0n) is 10.5. The maximum absolute atomic E-state index is 13.7. The van der Waals surface area contributed by atoms with Crippen LogP contribution in [0.1, 0.15) is 18.9 Å². The number of benzene rings is 1. The molecule has 2 rings (SSSR count). The summed E-state index contributed by atoms with van der Waals surface area (Å²) in [6, 6.07) is 7.03. The third-order valence-corrected chi connectivity index (χ3v) is 3.86. The summed E-state index contributed by atoms with van der Waals surface area (Å²) in [6.07, 6.45) is 1.90. The quantitative estimate of drug-likeness (QED) is 0.868. The molecule has 2 nitrogen and oxygen atoms in total. The summed E-state index contributed by atoms with van der Waals surface area (Å²) in [5.41, 5.74) is 0.817. The molecule has 3 heteroatoms. The first-order valence-electron chi connectivity index (χ1n) is 6.17. The highest BCUT2D eigenvalue weighted by atomic mass is 19.1. The maximum Gasteiger partial charge on any atom is 0.126 e. The first kappa shape index (κ1) is 12.5. The van der Waals surface area contributed by atoms with Crippen molar-refractivity contribution in [3.63, 3.8) is 0 Å². The second kappa shape index (κ2) is 5.15. The van der Waals surface area contributed by atoms with Gasteiger partial charge in [-0.1, -0.05) is 18.2 Å². The second-order valence-corrected chi connectivity index (χ2v) is 4.92.